The Balaban J connectivity index is 1.82. The predicted octanol–water partition coefficient (Wildman–Crippen LogP) is 4.92. The van der Waals surface area contributed by atoms with E-state index in [0.29, 0.717) is 16.3 Å². The lowest BCUT2D eigenvalue weighted by molar-refractivity contribution is -0.114. The number of benzene rings is 2. The Morgan fingerprint density at radius 3 is 2.29 bits per heavy atom. The molecule has 1 amide bonds. The Labute approximate surface area is 179 Å². The molecule has 146 valence electrons. The first kappa shape index (κ1) is 20.8. The monoisotopic (exact) mass is 476 g/mol. The van der Waals surface area contributed by atoms with E-state index in [1.807, 2.05) is 0 Å². The Morgan fingerprint density at radius 2 is 1.64 bits per heavy atom. The highest BCUT2D eigenvalue weighted by Gasteiger charge is 2.22. The minimum absolute atomic E-state index is 0.0584. The molecule has 0 spiro atoms. The van der Waals surface area contributed by atoms with Crippen LogP contribution in [0.1, 0.15) is 6.92 Å². The third kappa shape index (κ3) is 4.73. The molecule has 0 bridgehead atoms. The molecule has 0 aliphatic heterocycles. The van der Waals surface area contributed by atoms with Crippen LogP contribution < -0.4 is 10.0 Å². The summed E-state index contributed by atoms with van der Waals surface area (Å²) >= 11 is 18.7. The number of nitrogens with one attached hydrogen (secondary N) is 2. The van der Waals surface area contributed by atoms with Crippen LogP contribution >= 0.6 is 46.1 Å². The Kier molecular flexibility index (Phi) is 6.11. The second-order valence-corrected chi connectivity index (χ2v) is 9.32. The molecule has 0 fully saturated rings. The predicted molar refractivity (Wildman–Crippen MR) is 112 cm³/mol. The molecule has 0 aliphatic rings. The maximum absolute atomic E-state index is 12.6. The van der Waals surface area contributed by atoms with Crippen molar-refractivity contribution in [2.45, 2.75) is 11.8 Å². The Hall–Kier alpha value is -1.91. The second kappa shape index (κ2) is 8.22. The van der Waals surface area contributed by atoms with Crippen LogP contribution in [-0.4, -0.2) is 24.5 Å². The van der Waals surface area contributed by atoms with Crippen molar-refractivity contribution in [3.8, 4) is 10.6 Å². The van der Waals surface area contributed by atoms with Gasteiger partial charge in [0.15, 0.2) is 0 Å². The SMILES string of the molecule is CC(=O)Nc1ccc(-c2nnc(NS(=O)(=O)c3cc(Cl)c(Cl)cc3Cl)s2)cc1. The molecule has 0 aliphatic carbocycles. The average molecular weight is 478 g/mol. The van der Waals surface area contributed by atoms with Gasteiger partial charge in [-0.3, -0.25) is 9.52 Å². The lowest BCUT2D eigenvalue weighted by Gasteiger charge is -2.08. The van der Waals surface area contributed by atoms with Crippen LogP contribution in [0.2, 0.25) is 15.1 Å². The van der Waals surface area contributed by atoms with Crippen LogP contribution in [0.5, 0.6) is 0 Å². The highest BCUT2D eigenvalue weighted by atomic mass is 35.5. The van der Waals surface area contributed by atoms with Crippen LogP contribution in [0, 0.1) is 0 Å². The molecule has 3 rings (SSSR count). The number of amides is 1. The molecule has 28 heavy (non-hydrogen) atoms. The standard InChI is InChI=1S/C16H11Cl3N4O3S2/c1-8(24)20-10-4-2-9(3-5-10)15-21-22-16(27-15)23-28(25,26)14-7-12(18)11(17)6-13(14)19/h2-7H,1H3,(H,20,24)(H,22,23). The molecule has 0 saturated carbocycles. The van der Waals surface area contributed by atoms with Gasteiger partial charge in [-0.25, -0.2) is 8.42 Å². The van der Waals surface area contributed by atoms with Crippen molar-refractivity contribution in [2.75, 3.05) is 10.0 Å². The van der Waals surface area contributed by atoms with Crippen LogP contribution in [0.4, 0.5) is 10.8 Å². The molecule has 1 aromatic heterocycles. The summed E-state index contributed by atoms with van der Waals surface area (Å²) in [6.07, 6.45) is 0. The van der Waals surface area contributed by atoms with E-state index in [4.69, 9.17) is 34.8 Å². The van der Waals surface area contributed by atoms with Gasteiger partial charge in [-0.1, -0.05) is 46.1 Å². The number of sulfonamides is 1. The summed E-state index contributed by atoms with van der Waals surface area (Å²) in [5.74, 6) is -0.179. The van der Waals surface area contributed by atoms with Crippen LogP contribution in [0.3, 0.4) is 0 Å². The third-order valence-electron chi connectivity index (χ3n) is 3.36. The number of halogens is 3. The summed E-state index contributed by atoms with van der Waals surface area (Å²) < 4.78 is 27.5. The van der Waals surface area contributed by atoms with Gasteiger partial charge in [0.25, 0.3) is 10.0 Å². The molecule has 0 saturated heterocycles. The number of anilines is 2. The number of rotatable bonds is 5. The van der Waals surface area contributed by atoms with E-state index in [0.717, 1.165) is 17.4 Å². The first-order chi connectivity index (χ1) is 13.2. The summed E-state index contributed by atoms with van der Waals surface area (Å²) in [6.45, 7) is 1.41. The molecular weight excluding hydrogens is 467 g/mol. The summed E-state index contributed by atoms with van der Waals surface area (Å²) in [4.78, 5) is 10.8. The maximum atomic E-state index is 12.6. The largest absolute Gasteiger partial charge is 0.326 e. The Morgan fingerprint density at radius 1 is 1.00 bits per heavy atom. The fraction of sp³-hybridized carbons (Fsp3) is 0.0625. The van der Waals surface area contributed by atoms with E-state index in [-0.39, 0.29) is 31.0 Å². The molecule has 12 heteroatoms. The average Bonchev–Trinajstić information content (AvgIpc) is 3.06. The molecular formula is C16H11Cl3N4O3S2. The molecule has 0 atom stereocenters. The highest BCUT2D eigenvalue weighted by Crippen LogP contribution is 2.34. The molecule has 2 aromatic carbocycles. The van der Waals surface area contributed by atoms with E-state index in [1.165, 1.54) is 13.0 Å². The minimum atomic E-state index is -4.04. The zero-order valence-corrected chi connectivity index (χ0v) is 17.9. The smallest absolute Gasteiger partial charge is 0.265 e. The number of carbonyl (C=O) groups is 1. The van der Waals surface area contributed by atoms with Crippen LogP contribution in [-0.2, 0) is 14.8 Å². The van der Waals surface area contributed by atoms with Crippen LogP contribution in [0.25, 0.3) is 10.6 Å². The quantitative estimate of drug-likeness (QED) is 0.508. The van der Waals surface area contributed by atoms with E-state index in [9.17, 15) is 13.2 Å². The molecule has 0 radical (unpaired) electrons. The van der Waals surface area contributed by atoms with E-state index in [1.54, 1.807) is 24.3 Å². The van der Waals surface area contributed by atoms with Gasteiger partial charge in [-0.2, -0.15) is 0 Å². The first-order valence-corrected chi connectivity index (χ1v) is 11.0. The fourth-order valence-corrected chi connectivity index (χ4v) is 5.14. The molecule has 0 unspecified atom stereocenters. The summed E-state index contributed by atoms with van der Waals surface area (Å²) in [6, 6.07) is 9.30. The van der Waals surface area contributed by atoms with Gasteiger partial charge in [0.2, 0.25) is 11.0 Å². The van der Waals surface area contributed by atoms with Gasteiger partial charge >= 0.3 is 0 Å². The van der Waals surface area contributed by atoms with Crippen molar-refractivity contribution in [3.05, 3.63) is 51.5 Å². The topological polar surface area (TPSA) is 101 Å². The van der Waals surface area contributed by atoms with Crippen molar-refractivity contribution in [1.82, 2.24) is 10.2 Å². The molecule has 1 heterocycles. The van der Waals surface area contributed by atoms with Gasteiger partial charge < -0.3 is 5.32 Å². The van der Waals surface area contributed by atoms with E-state index in [2.05, 4.69) is 20.2 Å². The molecule has 2 N–H and O–H groups in total. The number of carbonyl (C=O) groups excluding carboxylic acids is 1. The highest BCUT2D eigenvalue weighted by molar-refractivity contribution is 7.93. The lowest BCUT2D eigenvalue weighted by atomic mass is 10.2. The summed E-state index contributed by atoms with van der Waals surface area (Å²) in [5, 5.41) is 11.2. The fourth-order valence-electron chi connectivity index (χ4n) is 2.16. The van der Waals surface area contributed by atoms with E-state index < -0.39 is 10.0 Å². The van der Waals surface area contributed by atoms with Crippen molar-refractivity contribution >= 4 is 72.9 Å². The van der Waals surface area contributed by atoms with Gasteiger partial charge in [0.05, 0.1) is 15.1 Å². The van der Waals surface area contributed by atoms with Crippen molar-refractivity contribution in [3.63, 3.8) is 0 Å². The van der Waals surface area contributed by atoms with Crippen molar-refractivity contribution in [2.24, 2.45) is 0 Å². The van der Waals surface area contributed by atoms with Crippen molar-refractivity contribution < 1.29 is 13.2 Å². The van der Waals surface area contributed by atoms with Gasteiger partial charge in [0.1, 0.15) is 9.90 Å². The second-order valence-electron chi connectivity index (χ2n) is 5.47. The Bertz CT molecular complexity index is 1150. The maximum Gasteiger partial charge on any atom is 0.265 e. The summed E-state index contributed by atoms with van der Waals surface area (Å²) in [5.41, 5.74) is 1.35. The van der Waals surface area contributed by atoms with E-state index >= 15 is 0 Å². The zero-order chi connectivity index (χ0) is 20.5. The number of nitrogens with zero attached hydrogens (tertiary/aromatic N) is 2. The van der Waals surface area contributed by atoms with Gasteiger partial charge in [-0.15, -0.1) is 10.2 Å². The number of hydrogen-bond acceptors (Lipinski definition) is 6. The molecule has 3 aromatic rings. The normalized spacial score (nSPS) is 11.3. The zero-order valence-electron chi connectivity index (χ0n) is 14.0. The number of hydrogen-bond donors (Lipinski definition) is 2. The number of aromatic nitrogens is 2. The van der Waals surface area contributed by atoms with Crippen LogP contribution in [0.15, 0.2) is 41.3 Å². The van der Waals surface area contributed by atoms with Crippen molar-refractivity contribution in [1.29, 1.82) is 0 Å². The first-order valence-electron chi connectivity index (χ1n) is 7.54. The minimum Gasteiger partial charge on any atom is -0.326 e. The molecule has 7 nitrogen and oxygen atoms in total. The third-order valence-corrected chi connectivity index (χ3v) is 6.91. The lowest BCUT2D eigenvalue weighted by Crippen LogP contribution is -2.13. The summed E-state index contributed by atoms with van der Waals surface area (Å²) in [7, 11) is -4.04. The van der Waals surface area contributed by atoms with Gasteiger partial charge in [-0.05, 0) is 36.4 Å². The van der Waals surface area contributed by atoms with Gasteiger partial charge in [0, 0.05) is 18.2 Å².